The van der Waals surface area contributed by atoms with Crippen LogP contribution in [-0.4, -0.2) is 83.4 Å². The second-order valence-electron chi connectivity index (χ2n) is 8.53. The van der Waals surface area contributed by atoms with Gasteiger partial charge in [-0.25, -0.2) is 0 Å². The van der Waals surface area contributed by atoms with E-state index in [2.05, 4.69) is 4.98 Å². The molecule has 5 rings (SSSR count). The zero-order valence-electron chi connectivity index (χ0n) is 18.7. The molecule has 1 aromatic heterocycles. The first-order valence-corrected chi connectivity index (χ1v) is 10.6. The average molecular weight is 417 g/mol. The van der Waals surface area contributed by atoms with Gasteiger partial charge in [-0.1, -0.05) is 34.0 Å². The van der Waals surface area contributed by atoms with Crippen molar-refractivity contribution < 1.29 is 0 Å². The number of rotatable bonds is 2. The molecular formula is C24H7B10N. The first-order valence-electron chi connectivity index (χ1n) is 10.6. The van der Waals surface area contributed by atoms with Crippen molar-refractivity contribution in [2.75, 3.05) is 0 Å². The van der Waals surface area contributed by atoms with E-state index in [0.29, 0.717) is 11.1 Å². The van der Waals surface area contributed by atoms with E-state index < -0.39 is 0 Å². The van der Waals surface area contributed by atoms with Crippen LogP contribution in [0.5, 0.6) is 0 Å². The van der Waals surface area contributed by atoms with E-state index in [1.54, 1.807) is 0 Å². The third kappa shape index (κ3) is 3.53. The van der Waals surface area contributed by atoms with Gasteiger partial charge in [-0.2, -0.15) is 0 Å². The summed E-state index contributed by atoms with van der Waals surface area (Å²) in [4.78, 5) is 3.39. The first-order chi connectivity index (χ1) is 16.5. The van der Waals surface area contributed by atoms with Gasteiger partial charge < -0.3 is 4.98 Å². The normalized spacial score (nSPS) is 11.4. The Morgan fingerprint density at radius 3 is 0.971 bits per heavy atom. The molecule has 0 spiro atoms. The van der Waals surface area contributed by atoms with Gasteiger partial charge in [-0.05, 0) is 46.5 Å². The van der Waals surface area contributed by atoms with Crippen LogP contribution in [0.15, 0.2) is 36.4 Å². The van der Waals surface area contributed by atoms with Gasteiger partial charge in [0.25, 0.3) is 0 Å². The molecule has 35 heavy (non-hydrogen) atoms. The molecule has 1 heterocycles. The van der Waals surface area contributed by atoms with E-state index in [1.165, 1.54) is 0 Å². The molecule has 1 nitrogen and oxygen atoms in total. The number of nitrogens with one attached hydrogen (secondary N) is 1. The summed E-state index contributed by atoms with van der Waals surface area (Å²) in [6.45, 7) is 0. The zero-order valence-corrected chi connectivity index (χ0v) is 18.7. The summed E-state index contributed by atoms with van der Waals surface area (Å²) in [5.74, 6) is 0. The lowest BCUT2D eigenvalue weighted by molar-refractivity contribution is 1.55. The molecule has 0 amide bonds. The van der Waals surface area contributed by atoms with E-state index >= 15 is 0 Å². The minimum atomic E-state index is 0.166. The predicted molar refractivity (Wildman–Crippen MR) is 161 cm³/mol. The fourth-order valence-electron chi connectivity index (χ4n) is 4.53. The Kier molecular flexibility index (Phi) is 5.82. The van der Waals surface area contributed by atoms with Gasteiger partial charge in [-0.15, -0.1) is 32.8 Å². The molecule has 0 fully saturated rings. The van der Waals surface area contributed by atoms with E-state index in [9.17, 15) is 0 Å². The van der Waals surface area contributed by atoms with E-state index in [0.717, 1.165) is 32.9 Å². The summed E-state index contributed by atoms with van der Waals surface area (Å²) in [7, 11) is 61.3. The molecule has 0 saturated carbocycles. The van der Waals surface area contributed by atoms with Crippen LogP contribution in [-0.2, 0) is 0 Å². The molecule has 0 unspecified atom stereocenters. The quantitative estimate of drug-likeness (QED) is 0.276. The fraction of sp³-hybridized carbons (Fsp3) is 0. The number of benzene rings is 4. The van der Waals surface area contributed by atoms with E-state index in [-0.39, 0.29) is 54.6 Å². The topological polar surface area (TPSA) is 15.8 Å². The van der Waals surface area contributed by atoms with Gasteiger partial charge in [0.1, 0.15) is 78.5 Å². The maximum atomic E-state index is 6.28. The summed E-state index contributed by atoms with van der Waals surface area (Å²) in [6, 6.07) is 11.5. The summed E-state index contributed by atoms with van der Waals surface area (Å²) in [5.41, 5.74) is 6.47. The molecule has 0 saturated heterocycles. The molecule has 0 bridgehead atoms. The summed E-state index contributed by atoms with van der Waals surface area (Å²) >= 11 is 0. The summed E-state index contributed by atoms with van der Waals surface area (Å²) < 4.78 is 0. The van der Waals surface area contributed by atoms with Crippen LogP contribution in [0, 0.1) is 0 Å². The average Bonchev–Trinajstić information content (AvgIpc) is 3.21. The molecule has 138 valence electrons. The van der Waals surface area contributed by atoms with Crippen LogP contribution in [0.1, 0.15) is 0 Å². The Morgan fingerprint density at radius 2 is 0.657 bits per heavy atom. The molecule has 1 N–H and O–H groups in total. The van der Waals surface area contributed by atoms with Crippen LogP contribution >= 0.6 is 0 Å². The number of hydrogen-bond donors (Lipinski definition) is 1. The van der Waals surface area contributed by atoms with Gasteiger partial charge in [0.2, 0.25) is 0 Å². The highest BCUT2D eigenvalue weighted by Crippen LogP contribution is 2.31. The second kappa shape index (κ2) is 8.47. The fourth-order valence-corrected chi connectivity index (χ4v) is 4.53. The third-order valence-corrected chi connectivity index (χ3v) is 6.57. The molecule has 20 radical (unpaired) electrons. The molecule has 0 atom stereocenters. The first kappa shape index (κ1) is 24.0. The Bertz CT molecular complexity index is 1520. The van der Waals surface area contributed by atoms with Crippen molar-refractivity contribution >= 4 is 155 Å². The Morgan fingerprint density at radius 1 is 0.371 bits per heavy atom. The molecule has 4 aromatic carbocycles. The van der Waals surface area contributed by atoms with Crippen LogP contribution in [0.2, 0.25) is 0 Å². The minimum absolute atomic E-state index is 0.166. The molecule has 11 heteroatoms. The second-order valence-corrected chi connectivity index (χ2v) is 8.53. The van der Waals surface area contributed by atoms with Gasteiger partial charge in [0.15, 0.2) is 0 Å². The third-order valence-electron chi connectivity index (χ3n) is 6.57. The van der Waals surface area contributed by atoms with E-state index in [4.69, 9.17) is 78.5 Å². The highest BCUT2D eigenvalue weighted by atomic mass is 14.7. The van der Waals surface area contributed by atoms with Gasteiger partial charge >= 0.3 is 0 Å². The van der Waals surface area contributed by atoms with Crippen molar-refractivity contribution in [3.8, 4) is 22.3 Å². The van der Waals surface area contributed by atoms with Crippen molar-refractivity contribution in [3.63, 3.8) is 0 Å². The molecule has 5 aromatic rings. The van der Waals surface area contributed by atoms with Crippen molar-refractivity contribution in [2.45, 2.75) is 0 Å². The molecule has 0 aliphatic carbocycles. The SMILES string of the molecule is [B]c1c([B])c([B])c(-c2ccc3[nH]c4ccc(-c5c([B])c([B])c([B])c([B])c5[B])cc4c3c2)c([B])c1[B]. The Balaban J connectivity index is 1.78. The van der Waals surface area contributed by atoms with Crippen LogP contribution in [0.3, 0.4) is 0 Å². The molecular weight excluding hydrogens is 410 g/mol. The van der Waals surface area contributed by atoms with Crippen molar-refractivity contribution in [3.05, 3.63) is 36.4 Å². The van der Waals surface area contributed by atoms with Crippen molar-refractivity contribution in [1.29, 1.82) is 0 Å². The number of aromatic nitrogens is 1. The van der Waals surface area contributed by atoms with Crippen LogP contribution < -0.4 is 54.6 Å². The largest absolute Gasteiger partial charge is 0.355 e. The monoisotopic (exact) mass is 419 g/mol. The predicted octanol–water partition coefficient (Wildman–Crippen LogP) is -5.41. The van der Waals surface area contributed by atoms with Crippen molar-refractivity contribution in [1.82, 2.24) is 4.98 Å². The standard InChI is InChI=1S/C24H7B10N/c25-15-13(16(26)20(30)23(33)19(15)29)7-1-3-11-9(5-7)10-6-8(2-4-12(10)35-11)14-17(27)21(31)24(34)22(32)18(14)28/h1-6,35H. The lowest BCUT2D eigenvalue weighted by Gasteiger charge is -2.21. The lowest BCUT2D eigenvalue weighted by Crippen LogP contribution is -2.55. The molecule has 0 aliphatic heterocycles. The summed E-state index contributed by atoms with van der Waals surface area (Å²) in [6.07, 6.45) is 0. The van der Waals surface area contributed by atoms with E-state index in [1.807, 2.05) is 36.4 Å². The number of H-pyrrole nitrogens is 1. The van der Waals surface area contributed by atoms with Gasteiger partial charge in [0.05, 0.1) is 0 Å². The van der Waals surface area contributed by atoms with Gasteiger partial charge in [-0.3, -0.25) is 0 Å². The molecule has 0 aliphatic rings. The Hall–Kier alpha value is -2.67. The maximum Gasteiger partial charge on any atom is 0.113 e. The minimum Gasteiger partial charge on any atom is -0.355 e. The Labute approximate surface area is 218 Å². The smallest absolute Gasteiger partial charge is 0.113 e. The lowest BCUT2D eigenvalue weighted by atomic mass is 9.59. The van der Waals surface area contributed by atoms with Gasteiger partial charge in [0, 0.05) is 21.8 Å². The zero-order chi connectivity index (χ0) is 25.3. The van der Waals surface area contributed by atoms with Crippen LogP contribution in [0.25, 0.3) is 44.1 Å². The number of fused-ring (bicyclic) bond motifs is 3. The maximum absolute atomic E-state index is 6.28. The highest BCUT2D eigenvalue weighted by Gasteiger charge is 2.16. The van der Waals surface area contributed by atoms with Crippen molar-refractivity contribution in [2.24, 2.45) is 0 Å². The number of hydrogen-bond acceptors (Lipinski definition) is 0. The highest BCUT2D eigenvalue weighted by molar-refractivity contribution is 6.69. The van der Waals surface area contributed by atoms with Crippen LogP contribution in [0.4, 0.5) is 0 Å². The number of aromatic amines is 1. The summed E-state index contributed by atoms with van der Waals surface area (Å²) in [5, 5.41) is 1.81.